The van der Waals surface area contributed by atoms with Gasteiger partial charge in [-0.2, -0.15) is 0 Å². The van der Waals surface area contributed by atoms with Gasteiger partial charge in [-0.05, 0) is 32.3 Å². The first kappa shape index (κ1) is 18.2. The number of likely N-dealkylation sites (tertiary alicyclic amines) is 1. The van der Waals surface area contributed by atoms with Crippen LogP contribution in [0.25, 0.3) is 0 Å². The van der Waals surface area contributed by atoms with Gasteiger partial charge in [-0.15, -0.1) is 0 Å². The molecule has 2 aromatic rings. The highest BCUT2D eigenvalue weighted by Gasteiger charge is 2.33. The topological polar surface area (TPSA) is 72.6 Å². The van der Waals surface area contributed by atoms with E-state index in [0.29, 0.717) is 23.9 Å². The van der Waals surface area contributed by atoms with Crippen LogP contribution in [0.3, 0.4) is 0 Å². The molecule has 0 radical (unpaired) electrons. The molecule has 6 nitrogen and oxygen atoms in total. The van der Waals surface area contributed by atoms with Crippen molar-refractivity contribution in [3.63, 3.8) is 0 Å². The minimum Gasteiger partial charge on any atom is -0.445 e. The van der Waals surface area contributed by atoms with Gasteiger partial charge in [-0.3, -0.25) is 4.79 Å². The molecule has 0 N–H and O–H groups in total. The maximum absolute atomic E-state index is 12.5. The van der Waals surface area contributed by atoms with Crippen molar-refractivity contribution in [1.29, 1.82) is 0 Å². The highest BCUT2D eigenvalue weighted by atomic mass is 16.6. The Balaban J connectivity index is 1.66. The fraction of sp³-hybridized carbons (Fsp3) is 0.450. The van der Waals surface area contributed by atoms with Crippen LogP contribution in [0.1, 0.15) is 60.3 Å². The van der Waals surface area contributed by atoms with E-state index in [1.165, 1.54) is 6.92 Å². The summed E-state index contributed by atoms with van der Waals surface area (Å²) in [6.45, 7) is 5.96. The third-order valence-corrected chi connectivity index (χ3v) is 4.82. The third kappa shape index (κ3) is 3.95. The number of hydrogen-bond acceptors (Lipinski definition) is 5. The summed E-state index contributed by atoms with van der Waals surface area (Å²) >= 11 is 0. The van der Waals surface area contributed by atoms with Gasteiger partial charge in [0.1, 0.15) is 18.1 Å². The van der Waals surface area contributed by atoms with Crippen LogP contribution >= 0.6 is 0 Å². The summed E-state index contributed by atoms with van der Waals surface area (Å²) < 4.78 is 11.2. The van der Waals surface area contributed by atoms with E-state index in [9.17, 15) is 9.59 Å². The van der Waals surface area contributed by atoms with E-state index in [2.05, 4.69) is 4.98 Å². The first-order valence-electron chi connectivity index (χ1n) is 8.91. The van der Waals surface area contributed by atoms with E-state index >= 15 is 0 Å². The number of hydrogen-bond donors (Lipinski definition) is 0. The average Bonchev–Trinajstić information content (AvgIpc) is 3.03. The van der Waals surface area contributed by atoms with Crippen molar-refractivity contribution >= 4 is 11.9 Å². The maximum Gasteiger partial charge on any atom is 0.410 e. The number of oxazole rings is 1. The summed E-state index contributed by atoms with van der Waals surface area (Å²) in [5, 5.41) is 0. The molecule has 6 heteroatoms. The fourth-order valence-corrected chi connectivity index (χ4v) is 3.28. The molecule has 1 amide bonds. The van der Waals surface area contributed by atoms with Crippen molar-refractivity contribution in [2.24, 2.45) is 0 Å². The maximum atomic E-state index is 12.5. The molecule has 3 rings (SSSR count). The molecular weight excluding hydrogens is 332 g/mol. The molecule has 1 fully saturated rings. The fourth-order valence-electron chi connectivity index (χ4n) is 3.28. The average molecular weight is 356 g/mol. The summed E-state index contributed by atoms with van der Waals surface area (Å²) in [5.41, 5.74) is 1.33. The number of ether oxygens (including phenoxy) is 1. The highest BCUT2D eigenvalue weighted by molar-refractivity contribution is 5.92. The van der Waals surface area contributed by atoms with Gasteiger partial charge in [0.15, 0.2) is 11.7 Å². The third-order valence-electron chi connectivity index (χ3n) is 4.82. The normalized spacial score (nSPS) is 20.0. The second kappa shape index (κ2) is 7.72. The number of piperidine rings is 1. The molecule has 0 aliphatic carbocycles. The zero-order valence-electron chi connectivity index (χ0n) is 15.4. The van der Waals surface area contributed by atoms with Crippen molar-refractivity contribution in [2.45, 2.75) is 52.2 Å². The Hall–Kier alpha value is -2.63. The molecule has 1 aromatic heterocycles. The van der Waals surface area contributed by atoms with Crippen LogP contribution < -0.4 is 0 Å². The lowest BCUT2D eigenvalue weighted by molar-refractivity contribution is 0.0650. The summed E-state index contributed by atoms with van der Waals surface area (Å²) in [6.07, 6.45) is 1.36. The number of ketones is 1. The van der Waals surface area contributed by atoms with Crippen molar-refractivity contribution in [1.82, 2.24) is 9.88 Å². The van der Waals surface area contributed by atoms with E-state index in [-0.39, 0.29) is 30.4 Å². The molecule has 1 aliphatic rings. The number of aromatic nitrogens is 1. The zero-order chi connectivity index (χ0) is 18.7. The number of amides is 1. The Bertz CT molecular complexity index is 784. The van der Waals surface area contributed by atoms with E-state index in [1.54, 1.807) is 11.8 Å². The molecule has 1 saturated heterocycles. The molecule has 26 heavy (non-hydrogen) atoms. The van der Waals surface area contributed by atoms with Gasteiger partial charge in [0.2, 0.25) is 0 Å². The summed E-state index contributed by atoms with van der Waals surface area (Å²) in [4.78, 5) is 30.2. The molecule has 0 spiro atoms. The minimum absolute atomic E-state index is 0.0257. The van der Waals surface area contributed by atoms with Crippen molar-refractivity contribution < 1.29 is 18.7 Å². The predicted molar refractivity (Wildman–Crippen MR) is 96.0 cm³/mol. The van der Waals surface area contributed by atoms with Gasteiger partial charge < -0.3 is 14.1 Å². The van der Waals surface area contributed by atoms with E-state index < -0.39 is 0 Å². The number of benzene rings is 1. The zero-order valence-corrected chi connectivity index (χ0v) is 15.4. The molecular formula is C20H24N2O4. The Morgan fingerprint density at radius 2 is 2.00 bits per heavy atom. The molecule has 2 atom stereocenters. The van der Waals surface area contributed by atoms with Crippen molar-refractivity contribution in [2.75, 3.05) is 6.54 Å². The van der Waals surface area contributed by atoms with Gasteiger partial charge >= 0.3 is 6.09 Å². The molecule has 138 valence electrons. The lowest BCUT2D eigenvalue weighted by Crippen LogP contribution is -2.45. The van der Waals surface area contributed by atoms with Crippen LogP contribution in [0, 0.1) is 6.92 Å². The van der Waals surface area contributed by atoms with Gasteiger partial charge in [-0.25, -0.2) is 9.78 Å². The van der Waals surface area contributed by atoms with Crippen molar-refractivity contribution in [3.05, 3.63) is 53.2 Å². The van der Waals surface area contributed by atoms with Crippen LogP contribution in [0.2, 0.25) is 0 Å². The number of carbonyl (C=O) groups excluding carboxylic acids is 2. The highest BCUT2D eigenvalue weighted by Crippen LogP contribution is 2.31. The molecule has 0 bridgehead atoms. The van der Waals surface area contributed by atoms with Crippen LogP contribution in [0.15, 0.2) is 34.7 Å². The van der Waals surface area contributed by atoms with Crippen LogP contribution in [-0.4, -0.2) is 34.3 Å². The Labute approximate surface area is 153 Å². The molecule has 2 heterocycles. The first-order valence-corrected chi connectivity index (χ1v) is 8.91. The number of carbonyl (C=O) groups is 2. The van der Waals surface area contributed by atoms with Crippen molar-refractivity contribution in [3.8, 4) is 0 Å². The van der Waals surface area contributed by atoms with E-state index in [0.717, 1.165) is 18.4 Å². The molecule has 1 aliphatic heterocycles. The number of rotatable bonds is 4. The Morgan fingerprint density at radius 1 is 1.27 bits per heavy atom. The van der Waals surface area contributed by atoms with Gasteiger partial charge in [0.25, 0.3) is 0 Å². The summed E-state index contributed by atoms with van der Waals surface area (Å²) in [7, 11) is 0. The van der Waals surface area contributed by atoms with Crippen LogP contribution in [0.5, 0.6) is 0 Å². The molecule has 1 aromatic carbocycles. The SMILES string of the molecule is CC(=O)c1nc(C2CCC(C)N(C(=O)OCc3ccccc3)C2)oc1C. The second-order valence-electron chi connectivity index (χ2n) is 6.83. The van der Waals surface area contributed by atoms with E-state index in [4.69, 9.17) is 9.15 Å². The van der Waals surface area contributed by atoms with Crippen LogP contribution in [-0.2, 0) is 11.3 Å². The van der Waals surface area contributed by atoms with E-state index in [1.807, 2.05) is 37.3 Å². The summed E-state index contributed by atoms with van der Waals surface area (Å²) in [5.74, 6) is 0.924. The first-order chi connectivity index (χ1) is 12.5. The monoisotopic (exact) mass is 356 g/mol. The summed E-state index contributed by atoms with van der Waals surface area (Å²) in [6, 6.07) is 9.71. The smallest absolute Gasteiger partial charge is 0.410 e. The van der Waals surface area contributed by atoms with Crippen LogP contribution in [0.4, 0.5) is 4.79 Å². The Morgan fingerprint density at radius 3 is 2.65 bits per heavy atom. The lowest BCUT2D eigenvalue weighted by Gasteiger charge is -2.36. The standard InChI is InChI=1S/C20H24N2O4/c1-13-9-10-17(19-21-18(14(2)23)15(3)26-19)11-22(13)20(24)25-12-16-7-5-4-6-8-16/h4-8,13,17H,9-12H2,1-3H3. The number of nitrogens with zero attached hydrogens (tertiary/aromatic N) is 2. The quantitative estimate of drug-likeness (QED) is 0.772. The second-order valence-corrected chi connectivity index (χ2v) is 6.83. The Kier molecular flexibility index (Phi) is 5.40. The number of aryl methyl sites for hydroxylation is 1. The largest absolute Gasteiger partial charge is 0.445 e. The minimum atomic E-state index is -0.332. The van der Waals surface area contributed by atoms with Gasteiger partial charge in [0.05, 0.1) is 5.92 Å². The molecule has 2 unspecified atom stereocenters. The number of Topliss-reactive ketones (excluding diaryl/α,β-unsaturated/α-hetero) is 1. The lowest BCUT2D eigenvalue weighted by atomic mass is 9.94. The predicted octanol–water partition coefficient (Wildman–Crippen LogP) is 4.09. The van der Waals surface area contributed by atoms with Gasteiger partial charge in [0, 0.05) is 19.5 Å². The van der Waals surface area contributed by atoms with Gasteiger partial charge in [-0.1, -0.05) is 30.3 Å². The molecule has 0 saturated carbocycles.